The average molecular weight is 399 g/mol. The van der Waals surface area contributed by atoms with Crippen LogP contribution >= 0.6 is 0 Å². The molecular weight excluding hydrogens is 368 g/mol. The van der Waals surface area contributed by atoms with Crippen LogP contribution in [0.1, 0.15) is 44.6 Å². The van der Waals surface area contributed by atoms with E-state index in [1.807, 2.05) is 0 Å². The zero-order chi connectivity index (χ0) is 19.7. The van der Waals surface area contributed by atoms with Crippen molar-refractivity contribution >= 4 is 16.1 Å². The number of methoxy groups -OCH3 is 1. The number of nitrogens with zero attached hydrogens (tertiary/aromatic N) is 1. The first-order valence-corrected chi connectivity index (χ1v) is 11.1. The van der Waals surface area contributed by atoms with Crippen molar-refractivity contribution in [2.24, 2.45) is 0 Å². The Balaban J connectivity index is 1.98. The first-order valence-electron chi connectivity index (χ1n) is 9.49. The zero-order valence-electron chi connectivity index (χ0n) is 16.1. The molecule has 2 amide bonds. The number of hydrogen-bond donors (Lipinski definition) is 1. The molecule has 1 aliphatic rings. The minimum absolute atomic E-state index is 0.0825. The van der Waals surface area contributed by atoms with Gasteiger partial charge in [-0.3, -0.25) is 0 Å². The summed E-state index contributed by atoms with van der Waals surface area (Å²) < 4.78 is 33.2. The van der Waals surface area contributed by atoms with Crippen LogP contribution in [0.25, 0.3) is 0 Å². The standard InChI is InChI=1S/C19H30N2O5S/c1-3-27(23,24)26-18-11-9-16(10-12-18)15-21(13-14-25-2)19(22)20-17-7-5-4-6-8-17/h9-12,17H,3-8,13-15H2,1-2H3,(H,20,22). The van der Waals surface area contributed by atoms with Crippen molar-refractivity contribution < 1.29 is 22.1 Å². The van der Waals surface area contributed by atoms with E-state index in [1.54, 1.807) is 36.3 Å². The number of carbonyl (C=O) groups excluding carboxylic acids is 1. The number of carbonyl (C=O) groups is 1. The van der Waals surface area contributed by atoms with Gasteiger partial charge in [0.05, 0.1) is 12.4 Å². The molecule has 0 spiro atoms. The average Bonchev–Trinajstić information content (AvgIpc) is 2.67. The van der Waals surface area contributed by atoms with E-state index in [0.29, 0.717) is 19.7 Å². The molecule has 1 saturated carbocycles. The Morgan fingerprint density at radius 1 is 1.19 bits per heavy atom. The molecule has 0 saturated heterocycles. The lowest BCUT2D eigenvalue weighted by molar-refractivity contribution is 0.143. The number of hydrogen-bond acceptors (Lipinski definition) is 5. The predicted molar refractivity (Wildman–Crippen MR) is 104 cm³/mol. The molecule has 1 aromatic rings. The molecule has 0 heterocycles. The second kappa shape index (κ2) is 10.5. The van der Waals surface area contributed by atoms with Crippen LogP contribution in [0, 0.1) is 0 Å². The Morgan fingerprint density at radius 3 is 2.44 bits per heavy atom. The lowest BCUT2D eigenvalue weighted by Crippen LogP contribution is -2.46. The van der Waals surface area contributed by atoms with Crippen molar-refractivity contribution in [2.45, 2.75) is 51.6 Å². The molecule has 0 aromatic heterocycles. The fourth-order valence-electron chi connectivity index (χ4n) is 3.04. The van der Waals surface area contributed by atoms with Gasteiger partial charge in [-0.2, -0.15) is 8.42 Å². The minimum Gasteiger partial charge on any atom is -0.383 e. The SMILES string of the molecule is CCS(=O)(=O)Oc1ccc(CN(CCOC)C(=O)NC2CCCCC2)cc1. The highest BCUT2D eigenvalue weighted by Gasteiger charge is 2.20. The van der Waals surface area contributed by atoms with E-state index in [0.717, 1.165) is 31.2 Å². The second-order valence-electron chi connectivity index (χ2n) is 6.77. The Hall–Kier alpha value is -1.80. The normalized spacial score (nSPS) is 15.3. The van der Waals surface area contributed by atoms with Gasteiger partial charge in [-0.1, -0.05) is 31.4 Å². The summed E-state index contributed by atoms with van der Waals surface area (Å²) in [5, 5.41) is 3.13. The molecule has 0 bridgehead atoms. The number of benzene rings is 1. The molecule has 8 heteroatoms. The molecule has 1 aromatic carbocycles. The summed E-state index contributed by atoms with van der Waals surface area (Å²) in [4.78, 5) is 14.4. The maximum absolute atomic E-state index is 12.7. The number of urea groups is 1. The molecule has 0 radical (unpaired) electrons. The van der Waals surface area contributed by atoms with Crippen molar-refractivity contribution in [3.05, 3.63) is 29.8 Å². The Labute approximate surface area is 162 Å². The van der Waals surface area contributed by atoms with Crippen LogP contribution in [0.5, 0.6) is 5.75 Å². The maximum atomic E-state index is 12.7. The first kappa shape index (κ1) is 21.5. The number of ether oxygens (including phenoxy) is 1. The molecule has 0 aliphatic heterocycles. The monoisotopic (exact) mass is 398 g/mol. The Kier molecular flexibility index (Phi) is 8.37. The summed E-state index contributed by atoms with van der Waals surface area (Å²) in [5.74, 6) is 0.191. The van der Waals surface area contributed by atoms with Crippen LogP contribution in [-0.2, 0) is 21.4 Å². The zero-order valence-corrected chi connectivity index (χ0v) is 17.0. The van der Waals surface area contributed by atoms with Gasteiger partial charge in [-0.05, 0) is 37.5 Å². The second-order valence-corrected chi connectivity index (χ2v) is 8.63. The van der Waals surface area contributed by atoms with E-state index in [-0.39, 0.29) is 23.6 Å². The van der Waals surface area contributed by atoms with Gasteiger partial charge in [-0.25, -0.2) is 4.79 Å². The van der Waals surface area contributed by atoms with Crippen molar-refractivity contribution in [3.8, 4) is 5.75 Å². The van der Waals surface area contributed by atoms with Crippen LogP contribution in [0.3, 0.4) is 0 Å². The number of nitrogens with one attached hydrogen (secondary N) is 1. The van der Waals surface area contributed by atoms with Gasteiger partial charge in [0.1, 0.15) is 5.75 Å². The summed E-state index contributed by atoms with van der Waals surface area (Å²) in [7, 11) is -1.93. The van der Waals surface area contributed by atoms with Gasteiger partial charge < -0.3 is 19.1 Å². The van der Waals surface area contributed by atoms with Gasteiger partial charge >= 0.3 is 16.1 Å². The van der Waals surface area contributed by atoms with E-state index in [9.17, 15) is 13.2 Å². The minimum atomic E-state index is -3.54. The van der Waals surface area contributed by atoms with Crippen molar-refractivity contribution in [3.63, 3.8) is 0 Å². The Morgan fingerprint density at radius 2 is 1.85 bits per heavy atom. The lowest BCUT2D eigenvalue weighted by atomic mass is 9.96. The van der Waals surface area contributed by atoms with Crippen LogP contribution < -0.4 is 9.50 Å². The molecule has 1 N–H and O–H groups in total. The fraction of sp³-hybridized carbons (Fsp3) is 0.632. The van der Waals surface area contributed by atoms with Crippen LogP contribution in [0.4, 0.5) is 4.79 Å². The molecule has 152 valence electrons. The molecule has 0 atom stereocenters. The summed E-state index contributed by atoms with van der Waals surface area (Å²) in [6, 6.07) is 6.91. The number of amides is 2. The molecule has 2 rings (SSSR count). The third-order valence-electron chi connectivity index (χ3n) is 4.66. The van der Waals surface area contributed by atoms with Crippen molar-refractivity contribution in [2.75, 3.05) is 26.0 Å². The summed E-state index contributed by atoms with van der Waals surface area (Å²) in [5.41, 5.74) is 0.895. The largest absolute Gasteiger partial charge is 0.383 e. The van der Waals surface area contributed by atoms with Crippen LogP contribution in [0.2, 0.25) is 0 Å². The van der Waals surface area contributed by atoms with Crippen LogP contribution in [-0.4, -0.2) is 51.4 Å². The third kappa shape index (κ3) is 7.38. The summed E-state index contributed by atoms with van der Waals surface area (Å²) in [6.07, 6.45) is 5.61. The quantitative estimate of drug-likeness (QED) is 0.647. The van der Waals surface area contributed by atoms with Gasteiger partial charge in [-0.15, -0.1) is 0 Å². The fourth-order valence-corrected chi connectivity index (χ4v) is 3.57. The molecule has 0 unspecified atom stereocenters. The molecular formula is C19H30N2O5S. The first-order chi connectivity index (χ1) is 12.9. The van der Waals surface area contributed by atoms with E-state index in [1.165, 1.54) is 13.3 Å². The summed E-state index contributed by atoms with van der Waals surface area (Å²) >= 11 is 0. The molecule has 1 fully saturated rings. The maximum Gasteiger partial charge on any atom is 0.317 e. The van der Waals surface area contributed by atoms with Gasteiger partial charge in [0, 0.05) is 26.2 Å². The highest BCUT2D eigenvalue weighted by molar-refractivity contribution is 7.87. The van der Waals surface area contributed by atoms with Crippen molar-refractivity contribution in [1.82, 2.24) is 10.2 Å². The van der Waals surface area contributed by atoms with Crippen LogP contribution in [0.15, 0.2) is 24.3 Å². The van der Waals surface area contributed by atoms with Crippen molar-refractivity contribution in [1.29, 1.82) is 0 Å². The van der Waals surface area contributed by atoms with E-state index in [4.69, 9.17) is 8.92 Å². The van der Waals surface area contributed by atoms with Gasteiger partial charge in [0.2, 0.25) is 0 Å². The predicted octanol–water partition coefficient (Wildman–Crippen LogP) is 2.91. The van der Waals surface area contributed by atoms with Gasteiger partial charge in [0.15, 0.2) is 0 Å². The molecule has 27 heavy (non-hydrogen) atoms. The smallest absolute Gasteiger partial charge is 0.317 e. The molecule has 7 nitrogen and oxygen atoms in total. The van der Waals surface area contributed by atoms with E-state index in [2.05, 4.69) is 5.32 Å². The highest BCUT2D eigenvalue weighted by atomic mass is 32.2. The Bertz CT molecular complexity index is 685. The van der Waals surface area contributed by atoms with E-state index >= 15 is 0 Å². The highest BCUT2D eigenvalue weighted by Crippen LogP contribution is 2.19. The van der Waals surface area contributed by atoms with Gasteiger partial charge in [0.25, 0.3) is 0 Å². The van der Waals surface area contributed by atoms with E-state index < -0.39 is 10.1 Å². The lowest BCUT2D eigenvalue weighted by Gasteiger charge is -2.28. The molecule has 1 aliphatic carbocycles. The third-order valence-corrected chi connectivity index (χ3v) is 5.81. The summed E-state index contributed by atoms with van der Waals surface area (Å²) in [6.45, 7) is 2.89. The topological polar surface area (TPSA) is 84.9 Å². The number of rotatable bonds is 9.